The summed E-state index contributed by atoms with van der Waals surface area (Å²) in [6.07, 6.45) is 2.25. The summed E-state index contributed by atoms with van der Waals surface area (Å²) in [7, 11) is 0.798. The molecule has 1 atom stereocenters. The van der Waals surface area contributed by atoms with Gasteiger partial charge in [-0.3, -0.25) is 4.98 Å². The zero-order valence-corrected chi connectivity index (χ0v) is 12.6. The molecular formula is C15H21N2P. The summed E-state index contributed by atoms with van der Waals surface area (Å²) in [6.45, 7) is 8.87. The van der Waals surface area contributed by atoms with Gasteiger partial charge in [-0.15, -0.1) is 0 Å². The lowest BCUT2D eigenvalue weighted by molar-refractivity contribution is 0.492. The fraction of sp³-hybridized carbons (Fsp3) is 0.467. The third-order valence-electron chi connectivity index (χ3n) is 3.48. The number of rotatable bonds is 4. The molecule has 3 heteroatoms. The van der Waals surface area contributed by atoms with E-state index in [0.717, 1.165) is 37.9 Å². The Balaban J connectivity index is 2.44. The quantitative estimate of drug-likeness (QED) is 0.784. The number of fused-ring (bicyclic) bond motifs is 1. The third kappa shape index (κ3) is 2.70. The fourth-order valence-electron chi connectivity index (χ4n) is 1.85. The van der Waals surface area contributed by atoms with Crippen molar-refractivity contribution in [2.75, 3.05) is 6.16 Å². The summed E-state index contributed by atoms with van der Waals surface area (Å²) in [5, 5.41) is 0. The lowest BCUT2D eigenvalue weighted by Crippen LogP contribution is -2.17. The second-order valence-corrected chi connectivity index (χ2v) is 6.77. The highest BCUT2D eigenvalue weighted by molar-refractivity contribution is 7.46. The van der Waals surface area contributed by atoms with Crippen molar-refractivity contribution in [3.05, 3.63) is 30.0 Å². The molecule has 0 N–H and O–H groups in total. The largest absolute Gasteiger partial charge is 0.251 e. The Labute approximate surface area is 111 Å². The van der Waals surface area contributed by atoms with Gasteiger partial charge in [-0.1, -0.05) is 36.3 Å². The van der Waals surface area contributed by atoms with Gasteiger partial charge in [0.25, 0.3) is 0 Å². The predicted molar refractivity (Wildman–Crippen MR) is 81.3 cm³/mol. The van der Waals surface area contributed by atoms with Crippen LogP contribution in [-0.4, -0.2) is 16.1 Å². The van der Waals surface area contributed by atoms with E-state index < -0.39 is 0 Å². The molecule has 0 aromatic carbocycles. The van der Waals surface area contributed by atoms with Gasteiger partial charge in [-0.2, -0.15) is 0 Å². The molecule has 18 heavy (non-hydrogen) atoms. The molecule has 0 aliphatic heterocycles. The predicted octanol–water partition coefficient (Wildman–Crippen LogP) is 3.64. The monoisotopic (exact) mass is 260 g/mol. The normalized spacial score (nSPS) is 12.7. The summed E-state index contributed by atoms with van der Waals surface area (Å²) in [4.78, 5) is 9.42. The Hall–Kier alpha value is -1.01. The first-order valence-corrected chi connectivity index (χ1v) is 7.79. The zero-order chi connectivity index (χ0) is 13.2. The van der Waals surface area contributed by atoms with Crippen LogP contribution in [0, 0.1) is 0 Å². The van der Waals surface area contributed by atoms with Crippen LogP contribution in [0.5, 0.6) is 0 Å². The highest BCUT2D eigenvalue weighted by Gasteiger charge is 2.19. The molecule has 1 unspecified atom stereocenters. The van der Waals surface area contributed by atoms with Crippen molar-refractivity contribution in [2.24, 2.45) is 0 Å². The highest BCUT2D eigenvalue weighted by atomic mass is 31.1. The topological polar surface area (TPSA) is 25.8 Å². The SMILES string of the molecule is CCPc1ccc2nc(C(C)(C)CC)ccc2n1. The van der Waals surface area contributed by atoms with Crippen molar-refractivity contribution in [3.63, 3.8) is 0 Å². The first-order chi connectivity index (χ1) is 8.56. The Bertz CT molecular complexity index is 549. The van der Waals surface area contributed by atoms with E-state index in [1.165, 1.54) is 5.44 Å². The van der Waals surface area contributed by atoms with E-state index in [0.29, 0.717) is 0 Å². The van der Waals surface area contributed by atoms with Crippen molar-refractivity contribution < 1.29 is 0 Å². The van der Waals surface area contributed by atoms with Crippen LogP contribution < -0.4 is 5.44 Å². The van der Waals surface area contributed by atoms with Crippen LogP contribution in [0.2, 0.25) is 0 Å². The highest BCUT2D eigenvalue weighted by Crippen LogP contribution is 2.26. The number of hydrogen-bond acceptors (Lipinski definition) is 2. The molecule has 2 rings (SSSR count). The van der Waals surface area contributed by atoms with Crippen molar-refractivity contribution in [2.45, 2.75) is 39.5 Å². The Morgan fingerprint density at radius 3 is 2.33 bits per heavy atom. The molecule has 0 aliphatic rings. The van der Waals surface area contributed by atoms with Gasteiger partial charge in [0.15, 0.2) is 0 Å². The second-order valence-electron chi connectivity index (χ2n) is 5.20. The second kappa shape index (κ2) is 5.32. The van der Waals surface area contributed by atoms with Gasteiger partial charge in [0, 0.05) is 11.1 Å². The lowest BCUT2D eigenvalue weighted by Gasteiger charge is -2.22. The Morgan fingerprint density at radius 1 is 1.00 bits per heavy atom. The molecule has 2 heterocycles. The van der Waals surface area contributed by atoms with Crippen molar-refractivity contribution in [1.82, 2.24) is 9.97 Å². The number of hydrogen-bond donors (Lipinski definition) is 0. The van der Waals surface area contributed by atoms with Crippen LogP contribution in [0.3, 0.4) is 0 Å². The molecule has 0 bridgehead atoms. The molecule has 2 aromatic rings. The molecule has 0 amide bonds. The summed E-state index contributed by atoms with van der Waals surface area (Å²) in [5.74, 6) is 0. The van der Waals surface area contributed by atoms with Gasteiger partial charge in [-0.05, 0) is 36.8 Å². The first kappa shape index (κ1) is 13.4. The van der Waals surface area contributed by atoms with Crippen LogP contribution >= 0.6 is 8.58 Å². The zero-order valence-electron chi connectivity index (χ0n) is 11.6. The van der Waals surface area contributed by atoms with Crippen LogP contribution in [0.15, 0.2) is 24.3 Å². The molecule has 0 spiro atoms. The molecule has 2 aromatic heterocycles. The van der Waals surface area contributed by atoms with Gasteiger partial charge in [0.05, 0.1) is 16.5 Å². The van der Waals surface area contributed by atoms with Gasteiger partial charge in [0.1, 0.15) is 0 Å². The van der Waals surface area contributed by atoms with E-state index in [-0.39, 0.29) is 5.41 Å². The van der Waals surface area contributed by atoms with Gasteiger partial charge in [-0.25, -0.2) is 4.98 Å². The van der Waals surface area contributed by atoms with Crippen molar-refractivity contribution in [1.29, 1.82) is 0 Å². The molecule has 96 valence electrons. The van der Waals surface area contributed by atoms with Gasteiger partial charge < -0.3 is 0 Å². The van der Waals surface area contributed by atoms with E-state index in [1.807, 2.05) is 0 Å². The maximum absolute atomic E-state index is 4.76. The van der Waals surface area contributed by atoms with E-state index >= 15 is 0 Å². The number of pyridine rings is 2. The first-order valence-electron chi connectivity index (χ1n) is 6.59. The molecular weight excluding hydrogens is 239 g/mol. The minimum atomic E-state index is 0.137. The third-order valence-corrected chi connectivity index (χ3v) is 4.47. The van der Waals surface area contributed by atoms with Crippen molar-refractivity contribution in [3.8, 4) is 0 Å². The summed E-state index contributed by atoms with van der Waals surface area (Å²) >= 11 is 0. The fourth-order valence-corrected chi connectivity index (χ4v) is 2.61. The summed E-state index contributed by atoms with van der Waals surface area (Å²) < 4.78 is 0. The molecule has 0 saturated carbocycles. The maximum atomic E-state index is 4.76. The smallest absolute Gasteiger partial charge is 0.0894 e. The standard InChI is InChI=1S/C15H21N2P/c1-5-15(3,4)13-9-7-12-11(16-13)8-10-14(17-12)18-6-2/h7-10,18H,5-6H2,1-4H3. The minimum absolute atomic E-state index is 0.137. The van der Waals surface area contributed by atoms with Crippen molar-refractivity contribution >= 4 is 25.0 Å². The van der Waals surface area contributed by atoms with E-state index in [1.54, 1.807) is 0 Å². The number of aromatic nitrogens is 2. The Kier molecular flexibility index (Phi) is 3.97. The average molecular weight is 260 g/mol. The maximum Gasteiger partial charge on any atom is 0.0894 e. The minimum Gasteiger partial charge on any atom is -0.251 e. The van der Waals surface area contributed by atoms with E-state index in [9.17, 15) is 0 Å². The van der Waals surface area contributed by atoms with Crippen LogP contribution in [0.25, 0.3) is 11.0 Å². The molecule has 0 fully saturated rings. The average Bonchev–Trinajstić information content (AvgIpc) is 2.38. The van der Waals surface area contributed by atoms with Gasteiger partial charge in [0.2, 0.25) is 0 Å². The molecule has 0 aliphatic carbocycles. The Morgan fingerprint density at radius 2 is 1.67 bits per heavy atom. The summed E-state index contributed by atoms with van der Waals surface area (Å²) in [6, 6.07) is 8.45. The summed E-state index contributed by atoms with van der Waals surface area (Å²) in [5.41, 5.74) is 4.51. The van der Waals surface area contributed by atoms with Gasteiger partial charge >= 0.3 is 0 Å². The van der Waals surface area contributed by atoms with Crippen LogP contribution in [0.4, 0.5) is 0 Å². The van der Waals surface area contributed by atoms with Crippen LogP contribution in [0.1, 0.15) is 39.8 Å². The molecule has 0 saturated heterocycles. The molecule has 2 nitrogen and oxygen atoms in total. The van der Waals surface area contributed by atoms with E-state index in [2.05, 4.69) is 56.9 Å². The number of nitrogens with zero attached hydrogens (tertiary/aromatic N) is 2. The van der Waals surface area contributed by atoms with Crippen LogP contribution in [-0.2, 0) is 5.41 Å². The molecule has 0 radical (unpaired) electrons. The van der Waals surface area contributed by atoms with E-state index in [4.69, 9.17) is 4.98 Å². The lowest BCUT2D eigenvalue weighted by atomic mass is 9.86.